The predicted octanol–water partition coefficient (Wildman–Crippen LogP) is 4.71. The fourth-order valence-corrected chi connectivity index (χ4v) is 6.10. The second-order valence-electron chi connectivity index (χ2n) is 11.9. The smallest absolute Gasteiger partial charge is 0.416 e. The molecule has 3 amide bonds. The number of hydrogen-bond donors (Lipinski definition) is 1. The number of piperidine rings is 1. The summed E-state index contributed by atoms with van der Waals surface area (Å²) in [5.74, 6) is -0.505. The lowest BCUT2D eigenvalue weighted by Gasteiger charge is -2.39. The van der Waals surface area contributed by atoms with Crippen LogP contribution < -0.4 is 5.32 Å². The van der Waals surface area contributed by atoms with E-state index in [9.17, 15) is 36.0 Å². The number of carbonyl (C=O) groups excluding carboxylic acids is 3. The van der Waals surface area contributed by atoms with Gasteiger partial charge in [0.25, 0.3) is 10.1 Å². The topological polar surface area (TPSA) is 132 Å². The van der Waals surface area contributed by atoms with Crippen molar-refractivity contribution in [2.45, 2.75) is 81.5 Å². The molecule has 2 fully saturated rings. The molecule has 2 aliphatic heterocycles. The number of halogens is 3. The van der Waals surface area contributed by atoms with Gasteiger partial charge in [-0.3, -0.25) is 13.9 Å². The third kappa shape index (κ3) is 9.33. The van der Waals surface area contributed by atoms with Crippen molar-refractivity contribution in [1.82, 2.24) is 15.1 Å². The lowest BCUT2D eigenvalue weighted by Crippen LogP contribution is -2.58. The van der Waals surface area contributed by atoms with E-state index in [-0.39, 0.29) is 32.5 Å². The van der Waals surface area contributed by atoms with Crippen molar-refractivity contribution in [2.75, 3.05) is 19.6 Å². The molecule has 0 bridgehead atoms. The molecule has 0 radical (unpaired) electrons. The summed E-state index contributed by atoms with van der Waals surface area (Å²) in [6.07, 6.45) is -6.57. The molecule has 0 saturated carbocycles. The molecule has 1 unspecified atom stereocenters. The normalized spacial score (nSPS) is 20.9. The van der Waals surface area contributed by atoms with Crippen LogP contribution in [0.2, 0.25) is 0 Å². The first-order chi connectivity index (χ1) is 21.0. The van der Waals surface area contributed by atoms with E-state index in [1.54, 1.807) is 20.8 Å². The molecular formula is C30H36F3N3O8S. The van der Waals surface area contributed by atoms with Gasteiger partial charge in [0, 0.05) is 19.1 Å². The van der Waals surface area contributed by atoms with Crippen LogP contribution in [0.5, 0.6) is 0 Å². The molecule has 2 heterocycles. The third-order valence-corrected chi connectivity index (χ3v) is 8.58. The van der Waals surface area contributed by atoms with Crippen LogP contribution in [0.25, 0.3) is 0 Å². The number of rotatable bonds is 7. The Balaban J connectivity index is 1.38. The monoisotopic (exact) mass is 655 g/mol. The first kappa shape index (κ1) is 34.0. The number of nitrogens with zero attached hydrogens (tertiary/aromatic N) is 2. The Hall–Kier alpha value is -3.85. The molecule has 2 aromatic rings. The highest BCUT2D eigenvalue weighted by Crippen LogP contribution is 2.31. The molecule has 1 N–H and O–H groups in total. The molecule has 15 heteroatoms. The Labute approximate surface area is 259 Å². The van der Waals surface area contributed by atoms with Gasteiger partial charge in [0.15, 0.2) is 0 Å². The lowest BCUT2D eigenvalue weighted by atomic mass is 9.99. The Morgan fingerprint density at radius 3 is 2.20 bits per heavy atom. The minimum Gasteiger partial charge on any atom is -0.445 e. The van der Waals surface area contributed by atoms with E-state index >= 15 is 0 Å². The maximum absolute atomic E-state index is 13.4. The molecule has 2 aromatic carbocycles. The zero-order valence-corrected chi connectivity index (χ0v) is 25.9. The standard InChI is InChI=1S/C30H36F3N3O8S/c1-29(2,3)43-28(39)36-18-23(44-45(40,41)24-12-9-21(10-13-24)30(31,32)33)11-14-25(36)26(37)34-22-15-16-35(17-22)27(38)42-19-20-7-5-4-6-8-20/h4-10,12-13,22-23,25H,11,14-19H2,1-3H3,(H,34,37)/t22?,23-,25-/m0/s1. The maximum Gasteiger partial charge on any atom is 0.416 e. The van der Waals surface area contributed by atoms with Gasteiger partial charge < -0.3 is 19.7 Å². The summed E-state index contributed by atoms with van der Waals surface area (Å²) in [5.41, 5.74) is -1.10. The number of benzene rings is 2. The fraction of sp³-hybridized carbons (Fsp3) is 0.500. The van der Waals surface area contributed by atoms with Crippen LogP contribution in [0.4, 0.5) is 22.8 Å². The van der Waals surface area contributed by atoms with Gasteiger partial charge in [-0.1, -0.05) is 30.3 Å². The van der Waals surface area contributed by atoms with Crippen molar-refractivity contribution in [2.24, 2.45) is 0 Å². The van der Waals surface area contributed by atoms with Gasteiger partial charge in [-0.25, -0.2) is 9.59 Å². The molecule has 11 nitrogen and oxygen atoms in total. The first-order valence-corrected chi connectivity index (χ1v) is 15.8. The molecule has 0 spiro atoms. The van der Waals surface area contributed by atoms with Gasteiger partial charge in [0.1, 0.15) is 18.2 Å². The SMILES string of the molecule is CC(C)(C)OC(=O)N1C[C@@H](OS(=O)(=O)c2ccc(C(F)(F)F)cc2)CC[C@H]1C(=O)NC1CCN(C(=O)OCc2ccccc2)C1. The number of hydrogen-bond acceptors (Lipinski definition) is 8. The third-order valence-electron chi connectivity index (χ3n) is 7.20. The average Bonchev–Trinajstić information content (AvgIpc) is 3.43. The van der Waals surface area contributed by atoms with E-state index in [1.807, 2.05) is 30.3 Å². The Kier molecular flexibility index (Phi) is 10.3. The second kappa shape index (κ2) is 13.6. The van der Waals surface area contributed by atoms with E-state index in [0.717, 1.165) is 22.6 Å². The van der Waals surface area contributed by atoms with Crippen LogP contribution in [0, 0.1) is 0 Å². The molecular weight excluding hydrogens is 619 g/mol. The summed E-state index contributed by atoms with van der Waals surface area (Å²) in [6.45, 7) is 5.25. The van der Waals surface area contributed by atoms with Crippen LogP contribution in [0.15, 0.2) is 59.5 Å². The largest absolute Gasteiger partial charge is 0.445 e. The van der Waals surface area contributed by atoms with Crippen LogP contribution in [-0.4, -0.2) is 79.7 Å². The first-order valence-electron chi connectivity index (χ1n) is 14.4. The summed E-state index contributed by atoms with van der Waals surface area (Å²) >= 11 is 0. The second-order valence-corrected chi connectivity index (χ2v) is 13.5. The number of likely N-dealkylation sites (tertiary alicyclic amines) is 2. The molecule has 2 saturated heterocycles. The van der Waals surface area contributed by atoms with E-state index < -0.39 is 68.6 Å². The maximum atomic E-state index is 13.4. The molecule has 246 valence electrons. The Bertz CT molecular complexity index is 1460. The summed E-state index contributed by atoms with van der Waals surface area (Å²) in [4.78, 5) is 41.2. The highest BCUT2D eigenvalue weighted by Gasteiger charge is 2.41. The zero-order valence-electron chi connectivity index (χ0n) is 25.1. The highest BCUT2D eigenvalue weighted by molar-refractivity contribution is 7.86. The van der Waals surface area contributed by atoms with Gasteiger partial charge in [0.2, 0.25) is 5.91 Å². The Morgan fingerprint density at radius 1 is 0.911 bits per heavy atom. The number of carbonyl (C=O) groups is 3. The van der Waals surface area contributed by atoms with Crippen molar-refractivity contribution in [3.63, 3.8) is 0 Å². The molecule has 45 heavy (non-hydrogen) atoms. The van der Waals surface area contributed by atoms with E-state index in [0.29, 0.717) is 25.1 Å². The van der Waals surface area contributed by atoms with Crippen molar-refractivity contribution in [1.29, 1.82) is 0 Å². The van der Waals surface area contributed by atoms with E-state index in [4.69, 9.17) is 13.7 Å². The fourth-order valence-electron chi connectivity index (χ4n) is 5.01. The van der Waals surface area contributed by atoms with Gasteiger partial charge in [0.05, 0.1) is 23.1 Å². The minimum absolute atomic E-state index is 0.0217. The van der Waals surface area contributed by atoms with Crippen molar-refractivity contribution < 1.29 is 49.6 Å². The molecule has 3 atom stereocenters. The molecule has 0 aromatic heterocycles. The summed E-state index contributed by atoms with van der Waals surface area (Å²) in [6, 6.07) is 10.6. The Morgan fingerprint density at radius 2 is 1.58 bits per heavy atom. The van der Waals surface area contributed by atoms with Gasteiger partial charge >= 0.3 is 18.4 Å². The van der Waals surface area contributed by atoms with Crippen LogP contribution in [-0.2, 0) is 41.4 Å². The zero-order chi connectivity index (χ0) is 33.0. The number of nitrogens with one attached hydrogen (secondary N) is 1. The highest BCUT2D eigenvalue weighted by atomic mass is 32.2. The summed E-state index contributed by atoms with van der Waals surface area (Å²) in [7, 11) is -4.50. The van der Waals surface area contributed by atoms with Gasteiger partial charge in [-0.2, -0.15) is 21.6 Å². The molecule has 0 aliphatic carbocycles. The van der Waals surface area contributed by atoms with Gasteiger partial charge in [-0.05, 0) is 69.9 Å². The number of ether oxygens (including phenoxy) is 2. The molecule has 2 aliphatic rings. The van der Waals surface area contributed by atoms with Crippen LogP contribution >= 0.6 is 0 Å². The van der Waals surface area contributed by atoms with Crippen LogP contribution in [0.3, 0.4) is 0 Å². The van der Waals surface area contributed by atoms with E-state index in [1.165, 1.54) is 4.90 Å². The van der Waals surface area contributed by atoms with E-state index in [2.05, 4.69) is 5.32 Å². The predicted molar refractivity (Wildman–Crippen MR) is 154 cm³/mol. The van der Waals surface area contributed by atoms with Crippen molar-refractivity contribution in [3.8, 4) is 0 Å². The quantitative estimate of drug-likeness (QED) is 0.425. The van der Waals surface area contributed by atoms with Crippen molar-refractivity contribution in [3.05, 3.63) is 65.7 Å². The minimum atomic E-state index is -4.64. The van der Waals surface area contributed by atoms with Crippen LogP contribution in [0.1, 0.15) is 51.2 Å². The summed E-state index contributed by atoms with van der Waals surface area (Å²) < 4.78 is 80.6. The molecule has 4 rings (SSSR count). The number of alkyl halides is 3. The summed E-state index contributed by atoms with van der Waals surface area (Å²) in [5, 5.41) is 2.87. The average molecular weight is 656 g/mol. The van der Waals surface area contributed by atoms with Gasteiger partial charge in [-0.15, -0.1) is 0 Å². The lowest BCUT2D eigenvalue weighted by molar-refractivity contribution is -0.137. The van der Waals surface area contributed by atoms with Crippen molar-refractivity contribution >= 4 is 28.2 Å². The number of amides is 3.